The first-order valence-corrected chi connectivity index (χ1v) is 11.5. The maximum atomic E-state index is 12.3. The van der Waals surface area contributed by atoms with Crippen molar-refractivity contribution in [3.05, 3.63) is 52.7 Å². The Kier molecular flexibility index (Phi) is 8.16. The van der Waals surface area contributed by atoms with E-state index in [9.17, 15) is 4.79 Å². The number of carbonyl (C=O) groups excluding carboxylic acids is 1. The molecule has 0 atom stereocenters. The van der Waals surface area contributed by atoms with Crippen LogP contribution >= 0.6 is 11.3 Å². The van der Waals surface area contributed by atoms with Crippen LogP contribution in [0.15, 0.2) is 36.7 Å². The smallest absolute Gasteiger partial charge is 0.251 e. The molecule has 3 rings (SSSR count). The van der Waals surface area contributed by atoms with Crippen LogP contribution in [0.1, 0.15) is 47.5 Å². The summed E-state index contributed by atoms with van der Waals surface area (Å²) in [5.41, 5.74) is 1.80. The highest BCUT2D eigenvalue weighted by molar-refractivity contribution is 7.18. The molecular formula is C23H31N5OS. The molecule has 1 amide bonds. The molecule has 2 N–H and O–H groups in total. The van der Waals surface area contributed by atoms with Crippen LogP contribution in [0.4, 0.5) is 5.82 Å². The van der Waals surface area contributed by atoms with Crippen molar-refractivity contribution in [2.45, 2.75) is 40.2 Å². The lowest BCUT2D eigenvalue weighted by atomic mass is 10.1. The minimum atomic E-state index is -0.0106. The van der Waals surface area contributed by atoms with Crippen LogP contribution < -0.4 is 10.6 Å². The van der Waals surface area contributed by atoms with Gasteiger partial charge in [-0.1, -0.05) is 26.0 Å². The Morgan fingerprint density at radius 2 is 1.87 bits per heavy atom. The molecule has 160 valence electrons. The number of thiophene rings is 1. The second kappa shape index (κ2) is 11.0. The molecule has 7 heteroatoms. The SMILES string of the molecule is CCN(CC)CCCCNC(=O)c1ccc(CNc2ncnc3sc(C)cc23)cc1. The Morgan fingerprint density at radius 3 is 2.60 bits per heavy atom. The average molecular weight is 426 g/mol. The average Bonchev–Trinajstić information content (AvgIpc) is 3.15. The number of hydrogen-bond donors (Lipinski definition) is 2. The van der Waals surface area contributed by atoms with Gasteiger partial charge >= 0.3 is 0 Å². The number of carbonyl (C=O) groups is 1. The Bertz CT molecular complexity index is 950. The lowest BCUT2D eigenvalue weighted by Crippen LogP contribution is -2.27. The molecule has 3 aromatic rings. The van der Waals surface area contributed by atoms with Crippen LogP contribution in [-0.2, 0) is 6.54 Å². The van der Waals surface area contributed by atoms with Crippen molar-refractivity contribution in [3.8, 4) is 0 Å². The molecule has 0 spiro atoms. The summed E-state index contributed by atoms with van der Waals surface area (Å²) in [6, 6.07) is 9.84. The highest BCUT2D eigenvalue weighted by Gasteiger charge is 2.08. The van der Waals surface area contributed by atoms with Crippen LogP contribution in [0.5, 0.6) is 0 Å². The van der Waals surface area contributed by atoms with Gasteiger partial charge in [0.05, 0.1) is 5.39 Å². The number of unbranched alkanes of at least 4 members (excludes halogenated alkanes) is 1. The molecule has 0 aliphatic heterocycles. The summed E-state index contributed by atoms with van der Waals surface area (Å²) < 4.78 is 0. The Balaban J connectivity index is 1.45. The minimum absolute atomic E-state index is 0.0106. The number of nitrogens with one attached hydrogen (secondary N) is 2. The maximum absolute atomic E-state index is 12.3. The van der Waals surface area contributed by atoms with Gasteiger partial charge in [0.15, 0.2) is 0 Å². The van der Waals surface area contributed by atoms with E-state index in [0.29, 0.717) is 18.7 Å². The molecule has 0 saturated carbocycles. The Hall–Kier alpha value is -2.51. The van der Waals surface area contributed by atoms with Crippen LogP contribution in [-0.4, -0.2) is 47.0 Å². The summed E-state index contributed by atoms with van der Waals surface area (Å²) in [7, 11) is 0. The second-order valence-corrected chi connectivity index (χ2v) is 8.57. The zero-order valence-corrected chi connectivity index (χ0v) is 18.9. The van der Waals surface area contributed by atoms with Gasteiger partial charge in [-0.2, -0.15) is 0 Å². The largest absolute Gasteiger partial charge is 0.365 e. The second-order valence-electron chi connectivity index (χ2n) is 7.34. The highest BCUT2D eigenvalue weighted by atomic mass is 32.1. The third-order valence-electron chi connectivity index (χ3n) is 5.21. The fraction of sp³-hybridized carbons (Fsp3) is 0.435. The third-order valence-corrected chi connectivity index (χ3v) is 6.17. The Labute approximate surface area is 182 Å². The number of rotatable bonds is 11. The van der Waals surface area contributed by atoms with Crippen LogP contribution in [0.25, 0.3) is 10.2 Å². The molecular weight excluding hydrogens is 394 g/mol. The lowest BCUT2D eigenvalue weighted by Gasteiger charge is -2.17. The number of benzene rings is 1. The third kappa shape index (κ3) is 6.00. The van der Waals surface area contributed by atoms with Gasteiger partial charge < -0.3 is 15.5 Å². The number of anilines is 1. The number of aryl methyl sites for hydroxylation is 1. The van der Waals surface area contributed by atoms with Crippen molar-refractivity contribution in [2.24, 2.45) is 0 Å². The van der Waals surface area contributed by atoms with Gasteiger partial charge in [-0.3, -0.25) is 4.79 Å². The molecule has 0 unspecified atom stereocenters. The van der Waals surface area contributed by atoms with Gasteiger partial charge in [-0.05, 0) is 63.2 Å². The van der Waals surface area contributed by atoms with E-state index in [2.05, 4.69) is 52.3 Å². The van der Waals surface area contributed by atoms with Crippen LogP contribution in [0.2, 0.25) is 0 Å². The van der Waals surface area contributed by atoms with Crippen molar-refractivity contribution in [1.82, 2.24) is 20.2 Å². The molecule has 0 saturated heterocycles. The van der Waals surface area contributed by atoms with Crippen molar-refractivity contribution in [3.63, 3.8) is 0 Å². The minimum Gasteiger partial charge on any atom is -0.365 e. The quantitative estimate of drug-likeness (QED) is 0.444. The molecule has 2 aromatic heterocycles. The molecule has 6 nitrogen and oxygen atoms in total. The summed E-state index contributed by atoms with van der Waals surface area (Å²) >= 11 is 1.67. The summed E-state index contributed by atoms with van der Waals surface area (Å²) in [6.45, 7) is 11.1. The monoisotopic (exact) mass is 425 g/mol. The van der Waals surface area contributed by atoms with E-state index in [-0.39, 0.29) is 5.91 Å². The molecule has 2 heterocycles. The highest BCUT2D eigenvalue weighted by Crippen LogP contribution is 2.27. The van der Waals surface area contributed by atoms with Gasteiger partial charge in [0.25, 0.3) is 5.91 Å². The van der Waals surface area contributed by atoms with E-state index < -0.39 is 0 Å². The molecule has 0 aliphatic rings. The summed E-state index contributed by atoms with van der Waals surface area (Å²) in [5, 5.41) is 7.46. The lowest BCUT2D eigenvalue weighted by molar-refractivity contribution is 0.0952. The number of aromatic nitrogens is 2. The summed E-state index contributed by atoms with van der Waals surface area (Å²) in [4.78, 5) is 25.6. The van der Waals surface area contributed by atoms with Gasteiger partial charge in [0.2, 0.25) is 0 Å². The predicted octanol–water partition coefficient (Wildman–Crippen LogP) is 4.46. The topological polar surface area (TPSA) is 70.2 Å². The van der Waals surface area contributed by atoms with Crippen molar-refractivity contribution >= 4 is 33.3 Å². The summed E-state index contributed by atoms with van der Waals surface area (Å²) in [5.74, 6) is 0.833. The zero-order chi connectivity index (χ0) is 21.3. The number of nitrogens with zero attached hydrogens (tertiary/aromatic N) is 3. The van der Waals surface area contributed by atoms with E-state index in [1.54, 1.807) is 17.7 Å². The van der Waals surface area contributed by atoms with Crippen molar-refractivity contribution < 1.29 is 4.79 Å². The van der Waals surface area contributed by atoms with E-state index in [4.69, 9.17) is 0 Å². The predicted molar refractivity (Wildman–Crippen MR) is 125 cm³/mol. The summed E-state index contributed by atoms with van der Waals surface area (Å²) in [6.07, 6.45) is 3.70. The van der Waals surface area contributed by atoms with Gasteiger partial charge in [0, 0.05) is 23.5 Å². The van der Waals surface area contributed by atoms with E-state index in [1.165, 1.54) is 4.88 Å². The van der Waals surface area contributed by atoms with Crippen LogP contribution in [0, 0.1) is 6.92 Å². The standard InChI is InChI=1S/C23H31N5OS/c1-4-28(5-2)13-7-6-12-24-22(29)19-10-8-18(9-11-19)15-25-21-20-14-17(3)30-23(20)27-16-26-21/h8-11,14,16H,4-7,12-13,15H2,1-3H3,(H,24,29)(H,25,26,27). The molecule has 0 bridgehead atoms. The van der Waals surface area contributed by atoms with E-state index in [1.807, 2.05) is 24.3 Å². The zero-order valence-electron chi connectivity index (χ0n) is 18.1. The molecule has 1 aromatic carbocycles. The molecule has 0 fully saturated rings. The first-order valence-electron chi connectivity index (χ1n) is 10.6. The fourth-order valence-corrected chi connectivity index (χ4v) is 4.23. The van der Waals surface area contributed by atoms with Gasteiger partial charge in [-0.15, -0.1) is 11.3 Å². The maximum Gasteiger partial charge on any atom is 0.251 e. The first kappa shape index (κ1) is 22.2. The Morgan fingerprint density at radius 1 is 1.10 bits per heavy atom. The van der Waals surface area contributed by atoms with Crippen molar-refractivity contribution in [2.75, 3.05) is 31.5 Å². The number of hydrogen-bond acceptors (Lipinski definition) is 6. The van der Waals surface area contributed by atoms with Gasteiger partial charge in [0.1, 0.15) is 17.0 Å². The molecule has 30 heavy (non-hydrogen) atoms. The normalized spacial score (nSPS) is 11.2. The van der Waals surface area contributed by atoms with Crippen molar-refractivity contribution in [1.29, 1.82) is 0 Å². The molecule has 0 aliphatic carbocycles. The number of amides is 1. The number of fused-ring (bicyclic) bond motifs is 1. The van der Waals surface area contributed by atoms with E-state index in [0.717, 1.165) is 54.1 Å². The van der Waals surface area contributed by atoms with E-state index >= 15 is 0 Å². The van der Waals surface area contributed by atoms with Crippen LogP contribution in [0.3, 0.4) is 0 Å². The first-order chi connectivity index (χ1) is 14.6. The molecule has 0 radical (unpaired) electrons. The van der Waals surface area contributed by atoms with Gasteiger partial charge in [-0.25, -0.2) is 9.97 Å². The fourth-order valence-electron chi connectivity index (χ4n) is 3.38.